The van der Waals surface area contributed by atoms with E-state index in [1.54, 1.807) is 18.2 Å². The van der Waals surface area contributed by atoms with Gasteiger partial charge in [-0.2, -0.15) is 0 Å². The number of hydrogen-bond donors (Lipinski definition) is 1. The molecular formula is C12H8N2O2S. The van der Waals surface area contributed by atoms with Crippen LogP contribution in [0.2, 0.25) is 0 Å². The number of aromatic nitrogens is 2. The molecule has 0 saturated heterocycles. The normalized spacial score (nSPS) is 13.0. The summed E-state index contributed by atoms with van der Waals surface area (Å²) in [5.41, 5.74) is 2.61. The zero-order chi connectivity index (χ0) is 11.8. The molecule has 1 aromatic heterocycles. The van der Waals surface area contributed by atoms with Crippen molar-refractivity contribution >= 4 is 33.1 Å². The van der Waals surface area contributed by atoms with Crippen LogP contribution in [0.25, 0.3) is 22.1 Å². The van der Waals surface area contributed by atoms with Crippen LogP contribution >= 0.6 is 0 Å². The van der Waals surface area contributed by atoms with E-state index in [1.165, 1.54) is 0 Å². The van der Waals surface area contributed by atoms with Crippen molar-refractivity contribution in [2.24, 2.45) is 0 Å². The minimum atomic E-state index is -2.05. The highest BCUT2D eigenvalue weighted by atomic mass is 32.2. The molecule has 1 unspecified atom stereocenters. The topological polar surface area (TPSA) is 63.1 Å². The van der Waals surface area contributed by atoms with Gasteiger partial charge in [0.2, 0.25) is 0 Å². The van der Waals surface area contributed by atoms with Gasteiger partial charge in [0.05, 0.1) is 21.4 Å². The quantitative estimate of drug-likeness (QED) is 0.527. The molecule has 0 aliphatic heterocycles. The van der Waals surface area contributed by atoms with E-state index in [1.807, 2.05) is 24.3 Å². The standard InChI is InChI=1S/C12H8N2O2S/c15-17(16)11-7-3-6-10-12(11)14-9-5-2-1-4-8(9)13-10/h1-7H,(H,15,16). The molecule has 3 aromatic rings. The van der Waals surface area contributed by atoms with E-state index in [0.717, 1.165) is 11.0 Å². The van der Waals surface area contributed by atoms with Gasteiger partial charge in [-0.1, -0.05) is 18.2 Å². The highest BCUT2D eigenvalue weighted by Crippen LogP contribution is 2.20. The first-order chi connectivity index (χ1) is 8.25. The van der Waals surface area contributed by atoms with Crippen molar-refractivity contribution in [2.45, 2.75) is 4.90 Å². The Balaban J connectivity index is 2.47. The largest absolute Gasteiger partial charge is 0.302 e. The van der Waals surface area contributed by atoms with E-state index >= 15 is 0 Å². The van der Waals surface area contributed by atoms with Gasteiger partial charge >= 0.3 is 0 Å². The second-order valence-corrected chi connectivity index (χ2v) is 4.52. The summed E-state index contributed by atoms with van der Waals surface area (Å²) in [5.74, 6) is 0. The second-order valence-electron chi connectivity index (χ2n) is 3.59. The smallest absolute Gasteiger partial charge is 0.188 e. The summed E-state index contributed by atoms with van der Waals surface area (Å²) < 4.78 is 20.4. The van der Waals surface area contributed by atoms with Crippen LogP contribution in [0, 0.1) is 0 Å². The van der Waals surface area contributed by atoms with Gasteiger partial charge in [-0.05, 0) is 24.3 Å². The maximum Gasteiger partial charge on any atom is 0.188 e. The minimum Gasteiger partial charge on any atom is -0.302 e. The lowest BCUT2D eigenvalue weighted by Gasteiger charge is -2.03. The third-order valence-corrected chi connectivity index (χ3v) is 3.23. The maximum atomic E-state index is 11.2. The Morgan fingerprint density at radius 1 is 0.882 bits per heavy atom. The molecule has 0 radical (unpaired) electrons. The molecule has 4 nitrogen and oxygen atoms in total. The maximum absolute atomic E-state index is 11.2. The number of benzene rings is 2. The van der Waals surface area contributed by atoms with Gasteiger partial charge in [-0.25, -0.2) is 14.2 Å². The molecule has 1 N–H and O–H groups in total. The molecule has 0 saturated carbocycles. The molecule has 1 atom stereocenters. The van der Waals surface area contributed by atoms with Crippen molar-refractivity contribution in [3.05, 3.63) is 42.5 Å². The molecule has 2 aromatic carbocycles. The molecule has 0 amide bonds. The van der Waals surface area contributed by atoms with Gasteiger partial charge in [0, 0.05) is 0 Å². The van der Waals surface area contributed by atoms with Gasteiger partial charge in [0.1, 0.15) is 5.52 Å². The lowest BCUT2D eigenvalue weighted by atomic mass is 10.2. The van der Waals surface area contributed by atoms with Gasteiger partial charge in [0.25, 0.3) is 0 Å². The van der Waals surface area contributed by atoms with E-state index in [9.17, 15) is 8.76 Å². The summed E-state index contributed by atoms with van der Waals surface area (Å²) >= 11 is -2.05. The molecule has 0 fully saturated rings. The molecule has 0 bridgehead atoms. The molecule has 0 aliphatic rings. The number of fused-ring (bicyclic) bond motifs is 2. The first-order valence-electron chi connectivity index (χ1n) is 5.02. The molecule has 84 valence electrons. The van der Waals surface area contributed by atoms with E-state index in [-0.39, 0.29) is 0 Å². The Morgan fingerprint density at radius 2 is 1.53 bits per heavy atom. The SMILES string of the molecule is O=S(O)c1cccc2nc3ccccc3nc12. The minimum absolute atomic E-state index is 0.292. The van der Waals surface area contributed by atoms with Crippen molar-refractivity contribution in [2.75, 3.05) is 0 Å². The third kappa shape index (κ3) is 1.69. The molecule has 17 heavy (non-hydrogen) atoms. The zero-order valence-electron chi connectivity index (χ0n) is 8.70. The van der Waals surface area contributed by atoms with Crippen LogP contribution in [0.1, 0.15) is 0 Å². The van der Waals surface area contributed by atoms with Crippen molar-refractivity contribution in [3.8, 4) is 0 Å². The zero-order valence-corrected chi connectivity index (χ0v) is 9.52. The Morgan fingerprint density at radius 3 is 2.24 bits per heavy atom. The van der Waals surface area contributed by atoms with Gasteiger partial charge in [-0.15, -0.1) is 0 Å². The first kappa shape index (κ1) is 10.3. The van der Waals surface area contributed by atoms with Crippen LogP contribution in [-0.4, -0.2) is 18.7 Å². The van der Waals surface area contributed by atoms with Crippen LogP contribution < -0.4 is 0 Å². The lowest BCUT2D eigenvalue weighted by molar-refractivity contribution is 0.565. The van der Waals surface area contributed by atoms with Gasteiger partial charge < -0.3 is 4.55 Å². The van der Waals surface area contributed by atoms with E-state index < -0.39 is 11.1 Å². The molecule has 5 heteroatoms. The van der Waals surface area contributed by atoms with Crippen molar-refractivity contribution < 1.29 is 8.76 Å². The fourth-order valence-electron chi connectivity index (χ4n) is 1.76. The highest BCUT2D eigenvalue weighted by molar-refractivity contribution is 7.79. The van der Waals surface area contributed by atoms with Gasteiger partial charge in [-0.3, -0.25) is 0 Å². The molecule has 0 spiro atoms. The van der Waals surface area contributed by atoms with E-state index in [2.05, 4.69) is 9.97 Å². The molecular weight excluding hydrogens is 236 g/mol. The van der Waals surface area contributed by atoms with E-state index in [0.29, 0.717) is 15.9 Å². The number of rotatable bonds is 1. The fraction of sp³-hybridized carbons (Fsp3) is 0. The van der Waals surface area contributed by atoms with Crippen LogP contribution in [-0.2, 0) is 11.1 Å². The summed E-state index contributed by atoms with van der Waals surface area (Å²) in [6.07, 6.45) is 0. The summed E-state index contributed by atoms with van der Waals surface area (Å²) in [5, 5.41) is 0. The Bertz CT molecular complexity index is 743. The van der Waals surface area contributed by atoms with Crippen LogP contribution in [0.15, 0.2) is 47.4 Å². The summed E-state index contributed by atoms with van der Waals surface area (Å²) in [4.78, 5) is 9.09. The highest BCUT2D eigenvalue weighted by Gasteiger charge is 2.09. The van der Waals surface area contributed by atoms with Gasteiger partial charge in [0.15, 0.2) is 11.1 Å². The van der Waals surface area contributed by atoms with Crippen molar-refractivity contribution in [3.63, 3.8) is 0 Å². The van der Waals surface area contributed by atoms with E-state index in [4.69, 9.17) is 0 Å². The summed E-state index contributed by atoms with van der Waals surface area (Å²) in [7, 11) is 0. The van der Waals surface area contributed by atoms with Crippen molar-refractivity contribution in [1.82, 2.24) is 9.97 Å². The number of hydrogen-bond acceptors (Lipinski definition) is 3. The van der Waals surface area contributed by atoms with Crippen molar-refractivity contribution in [1.29, 1.82) is 0 Å². The Kier molecular flexibility index (Phi) is 2.35. The predicted octanol–water partition coefficient (Wildman–Crippen LogP) is 2.36. The molecule has 0 aliphatic carbocycles. The predicted molar refractivity (Wildman–Crippen MR) is 66.1 cm³/mol. The average molecular weight is 244 g/mol. The number of nitrogens with zero attached hydrogens (tertiary/aromatic N) is 2. The average Bonchev–Trinajstić information content (AvgIpc) is 2.35. The fourth-order valence-corrected chi connectivity index (χ4v) is 2.27. The van der Waals surface area contributed by atoms with Crippen LogP contribution in [0.5, 0.6) is 0 Å². The second kappa shape index (κ2) is 3.87. The lowest BCUT2D eigenvalue weighted by Crippen LogP contribution is -1.94. The monoisotopic (exact) mass is 244 g/mol. The van der Waals surface area contributed by atoms with Crippen LogP contribution in [0.3, 0.4) is 0 Å². The molecule has 1 heterocycles. The first-order valence-corrected chi connectivity index (χ1v) is 6.13. The molecule has 3 rings (SSSR count). The summed E-state index contributed by atoms with van der Waals surface area (Å²) in [6, 6.07) is 12.5. The summed E-state index contributed by atoms with van der Waals surface area (Å²) in [6.45, 7) is 0. The third-order valence-electron chi connectivity index (χ3n) is 2.52. The Labute approximate surface area is 99.6 Å². The Hall–Kier alpha value is -1.85. The number of para-hydroxylation sites is 3. The van der Waals surface area contributed by atoms with Crippen LogP contribution in [0.4, 0.5) is 0 Å².